The summed E-state index contributed by atoms with van der Waals surface area (Å²) in [4.78, 5) is 0. The molecule has 2 rings (SSSR count). The van der Waals surface area contributed by atoms with Crippen LogP contribution in [0.25, 0.3) is 0 Å². The topological polar surface area (TPSA) is 37.8 Å². The summed E-state index contributed by atoms with van der Waals surface area (Å²) in [5, 5.41) is 14.3. The number of aromatic nitrogens is 2. The second-order valence-electron chi connectivity index (χ2n) is 4.93. The Labute approximate surface area is 125 Å². The minimum Gasteiger partial charge on any atom is -0.317 e. The van der Waals surface area contributed by atoms with Crippen LogP contribution in [0.15, 0.2) is 30.3 Å². The van der Waals surface area contributed by atoms with Crippen LogP contribution in [0.4, 0.5) is 0 Å². The van der Waals surface area contributed by atoms with E-state index in [1.165, 1.54) is 17.0 Å². The van der Waals surface area contributed by atoms with Gasteiger partial charge in [-0.25, -0.2) is 0 Å². The van der Waals surface area contributed by atoms with Crippen molar-refractivity contribution in [3.8, 4) is 0 Å². The maximum atomic E-state index is 4.29. The van der Waals surface area contributed by atoms with Crippen molar-refractivity contribution in [2.24, 2.45) is 0 Å². The van der Waals surface area contributed by atoms with Gasteiger partial charge in [-0.2, -0.15) is 0 Å². The number of rotatable bonds is 9. The molecular formula is C16H23N3S. The van der Waals surface area contributed by atoms with Crippen molar-refractivity contribution in [2.75, 3.05) is 13.1 Å². The molecule has 0 unspecified atom stereocenters. The van der Waals surface area contributed by atoms with E-state index in [-0.39, 0.29) is 0 Å². The second-order valence-corrected chi connectivity index (χ2v) is 6.08. The monoisotopic (exact) mass is 289 g/mol. The van der Waals surface area contributed by atoms with Crippen molar-refractivity contribution < 1.29 is 0 Å². The molecule has 3 nitrogen and oxygen atoms in total. The fraction of sp³-hybridized carbons (Fsp3) is 0.500. The van der Waals surface area contributed by atoms with Crippen molar-refractivity contribution >= 4 is 11.3 Å². The highest BCUT2D eigenvalue weighted by atomic mass is 32.1. The van der Waals surface area contributed by atoms with Crippen molar-refractivity contribution in [1.29, 1.82) is 0 Å². The Balaban J connectivity index is 1.69. The molecule has 108 valence electrons. The number of benzene rings is 1. The number of nitrogens with zero attached hydrogens (tertiary/aromatic N) is 2. The van der Waals surface area contributed by atoms with Gasteiger partial charge >= 0.3 is 0 Å². The van der Waals surface area contributed by atoms with E-state index in [1.54, 1.807) is 11.3 Å². The maximum absolute atomic E-state index is 4.29. The molecule has 20 heavy (non-hydrogen) atoms. The first-order chi connectivity index (χ1) is 9.88. The average molecular weight is 289 g/mol. The third-order valence-corrected chi connectivity index (χ3v) is 4.19. The van der Waals surface area contributed by atoms with E-state index >= 15 is 0 Å². The van der Waals surface area contributed by atoms with Crippen LogP contribution >= 0.6 is 11.3 Å². The number of aryl methyl sites for hydroxylation is 3. The van der Waals surface area contributed by atoms with E-state index in [0.717, 1.165) is 43.8 Å². The predicted molar refractivity (Wildman–Crippen MR) is 85.2 cm³/mol. The summed E-state index contributed by atoms with van der Waals surface area (Å²) in [7, 11) is 0. The molecule has 0 aliphatic rings. The lowest BCUT2D eigenvalue weighted by atomic mass is 10.1. The van der Waals surface area contributed by atoms with E-state index in [2.05, 4.69) is 52.8 Å². The minimum absolute atomic E-state index is 0.996. The molecule has 0 aliphatic heterocycles. The van der Waals surface area contributed by atoms with Crippen LogP contribution in [0.2, 0.25) is 0 Å². The van der Waals surface area contributed by atoms with Crippen LogP contribution in [-0.2, 0) is 19.3 Å². The molecule has 0 amide bonds. The first kappa shape index (κ1) is 15.1. The van der Waals surface area contributed by atoms with Gasteiger partial charge in [0.2, 0.25) is 0 Å². The molecule has 0 radical (unpaired) electrons. The molecule has 4 heteroatoms. The van der Waals surface area contributed by atoms with Crippen molar-refractivity contribution in [2.45, 2.75) is 39.0 Å². The molecule has 0 fully saturated rings. The van der Waals surface area contributed by atoms with Gasteiger partial charge in [0.1, 0.15) is 10.0 Å². The first-order valence-electron chi connectivity index (χ1n) is 7.44. The quantitative estimate of drug-likeness (QED) is 0.720. The molecule has 0 bridgehead atoms. The Kier molecular flexibility index (Phi) is 6.68. The molecule has 1 aromatic heterocycles. The molecule has 1 aromatic carbocycles. The highest BCUT2D eigenvalue weighted by Crippen LogP contribution is 2.14. The summed E-state index contributed by atoms with van der Waals surface area (Å²) in [6.07, 6.45) is 5.43. The van der Waals surface area contributed by atoms with Crippen LogP contribution in [0, 0.1) is 0 Å². The Morgan fingerprint density at radius 2 is 1.70 bits per heavy atom. The third kappa shape index (κ3) is 5.39. The van der Waals surface area contributed by atoms with Gasteiger partial charge in [0.05, 0.1) is 0 Å². The Morgan fingerprint density at radius 3 is 2.45 bits per heavy atom. The minimum atomic E-state index is 0.996. The lowest BCUT2D eigenvalue weighted by molar-refractivity contribution is 0.637. The zero-order valence-corrected chi connectivity index (χ0v) is 13.0. The SMILES string of the molecule is CCCNCCCc1nnc(CCc2ccccc2)s1. The number of nitrogens with one attached hydrogen (secondary N) is 1. The van der Waals surface area contributed by atoms with Crippen LogP contribution in [0.3, 0.4) is 0 Å². The van der Waals surface area contributed by atoms with E-state index in [4.69, 9.17) is 0 Å². The summed E-state index contributed by atoms with van der Waals surface area (Å²) < 4.78 is 0. The first-order valence-corrected chi connectivity index (χ1v) is 8.26. The smallest absolute Gasteiger partial charge is 0.117 e. The molecular weight excluding hydrogens is 266 g/mol. The van der Waals surface area contributed by atoms with E-state index in [9.17, 15) is 0 Å². The van der Waals surface area contributed by atoms with E-state index in [1.807, 2.05) is 0 Å². The van der Waals surface area contributed by atoms with Gasteiger partial charge in [-0.1, -0.05) is 37.3 Å². The maximum Gasteiger partial charge on any atom is 0.117 e. The van der Waals surface area contributed by atoms with Crippen LogP contribution in [0.5, 0.6) is 0 Å². The summed E-state index contributed by atoms with van der Waals surface area (Å²) in [5.74, 6) is 0. The van der Waals surface area contributed by atoms with Crippen molar-refractivity contribution in [1.82, 2.24) is 15.5 Å². The van der Waals surface area contributed by atoms with Crippen LogP contribution in [0.1, 0.15) is 35.3 Å². The third-order valence-electron chi connectivity index (χ3n) is 3.15. The standard InChI is InChI=1S/C16H23N3S/c1-2-12-17-13-6-9-15-18-19-16(20-15)11-10-14-7-4-3-5-8-14/h3-5,7-8,17H,2,6,9-13H2,1H3. The van der Waals surface area contributed by atoms with Crippen molar-refractivity contribution in [3.63, 3.8) is 0 Å². The van der Waals surface area contributed by atoms with Gasteiger partial charge in [-0.05, 0) is 37.9 Å². The molecule has 0 saturated heterocycles. The lowest BCUT2D eigenvalue weighted by Gasteiger charge is -2.00. The zero-order valence-electron chi connectivity index (χ0n) is 12.1. The second kappa shape index (κ2) is 8.82. The van der Waals surface area contributed by atoms with Gasteiger partial charge in [0, 0.05) is 12.8 Å². The molecule has 1 N–H and O–H groups in total. The Bertz CT molecular complexity index is 481. The van der Waals surface area contributed by atoms with E-state index in [0.29, 0.717) is 0 Å². The summed E-state index contributed by atoms with van der Waals surface area (Å²) >= 11 is 1.77. The van der Waals surface area contributed by atoms with Gasteiger partial charge in [-0.3, -0.25) is 0 Å². The van der Waals surface area contributed by atoms with Crippen LogP contribution in [-0.4, -0.2) is 23.3 Å². The van der Waals surface area contributed by atoms with Crippen molar-refractivity contribution in [3.05, 3.63) is 45.9 Å². The summed E-state index contributed by atoms with van der Waals surface area (Å²) in [6.45, 7) is 4.38. The van der Waals surface area contributed by atoms with Gasteiger partial charge < -0.3 is 5.32 Å². The lowest BCUT2D eigenvalue weighted by Crippen LogP contribution is -2.16. The molecule has 0 atom stereocenters. The van der Waals surface area contributed by atoms with Crippen LogP contribution < -0.4 is 5.32 Å². The fourth-order valence-corrected chi connectivity index (χ4v) is 2.94. The highest BCUT2D eigenvalue weighted by molar-refractivity contribution is 7.11. The Hall–Kier alpha value is -1.26. The van der Waals surface area contributed by atoms with Gasteiger partial charge in [0.25, 0.3) is 0 Å². The molecule has 0 aliphatic carbocycles. The Morgan fingerprint density at radius 1 is 0.950 bits per heavy atom. The molecule has 0 saturated carbocycles. The van der Waals surface area contributed by atoms with E-state index < -0.39 is 0 Å². The average Bonchev–Trinajstić information content (AvgIpc) is 2.94. The summed E-state index contributed by atoms with van der Waals surface area (Å²) in [6, 6.07) is 10.6. The molecule has 0 spiro atoms. The zero-order chi connectivity index (χ0) is 14.0. The molecule has 2 aromatic rings. The number of hydrogen-bond donors (Lipinski definition) is 1. The van der Waals surface area contributed by atoms with Gasteiger partial charge in [-0.15, -0.1) is 21.5 Å². The largest absolute Gasteiger partial charge is 0.317 e. The highest BCUT2D eigenvalue weighted by Gasteiger charge is 2.04. The number of hydrogen-bond acceptors (Lipinski definition) is 4. The predicted octanol–water partition coefficient (Wildman–Crippen LogP) is 3.26. The normalized spacial score (nSPS) is 10.8. The summed E-state index contributed by atoms with van der Waals surface area (Å²) in [5.41, 5.74) is 1.37. The fourth-order valence-electron chi connectivity index (χ4n) is 2.05. The van der Waals surface area contributed by atoms with Gasteiger partial charge in [0.15, 0.2) is 0 Å². The molecule has 1 heterocycles.